The number of sulfonamides is 1. The number of carbonyl (C=O) groups is 1. The molecule has 31 heavy (non-hydrogen) atoms. The van der Waals surface area contributed by atoms with Crippen molar-refractivity contribution in [2.45, 2.75) is 30.3 Å². The molecule has 0 spiro atoms. The zero-order chi connectivity index (χ0) is 22.4. The number of nitrogens with zero attached hydrogens (tertiary/aromatic N) is 4. The molecule has 0 saturated carbocycles. The molecule has 0 aliphatic rings. The SMILES string of the molecule is CCCSc1ncc(Cl)c(C(=O)Nc2ccc(S(=O)(=O)Nc3nccc(C)n3)cc2)n1. The van der Waals surface area contributed by atoms with Crippen molar-refractivity contribution in [3.63, 3.8) is 0 Å². The lowest BCUT2D eigenvalue weighted by Gasteiger charge is -2.09. The summed E-state index contributed by atoms with van der Waals surface area (Å²) in [6.45, 7) is 3.76. The zero-order valence-electron chi connectivity index (χ0n) is 16.7. The minimum atomic E-state index is -3.88. The van der Waals surface area contributed by atoms with Crippen LogP contribution >= 0.6 is 23.4 Å². The molecule has 0 aliphatic heterocycles. The second-order valence-corrected chi connectivity index (χ2v) is 9.45. The Labute approximate surface area is 189 Å². The van der Waals surface area contributed by atoms with Crippen molar-refractivity contribution in [1.82, 2.24) is 19.9 Å². The Bertz CT molecular complexity index is 1190. The Morgan fingerprint density at radius 2 is 1.87 bits per heavy atom. The molecule has 0 aliphatic carbocycles. The predicted molar refractivity (Wildman–Crippen MR) is 120 cm³/mol. The van der Waals surface area contributed by atoms with E-state index in [9.17, 15) is 13.2 Å². The number of anilines is 2. The van der Waals surface area contributed by atoms with Gasteiger partial charge in [0.1, 0.15) is 0 Å². The third kappa shape index (κ3) is 6.12. The summed E-state index contributed by atoms with van der Waals surface area (Å²) in [6, 6.07) is 7.30. The second kappa shape index (κ2) is 10.0. The van der Waals surface area contributed by atoms with E-state index in [0.717, 1.165) is 12.2 Å². The minimum Gasteiger partial charge on any atom is -0.321 e. The molecular formula is C19H19ClN6O3S2. The van der Waals surface area contributed by atoms with E-state index in [1.54, 1.807) is 13.0 Å². The molecule has 0 saturated heterocycles. The van der Waals surface area contributed by atoms with E-state index in [4.69, 9.17) is 11.6 Å². The average molecular weight is 479 g/mol. The summed E-state index contributed by atoms with van der Waals surface area (Å²) >= 11 is 7.50. The number of halogens is 1. The fourth-order valence-electron chi connectivity index (χ4n) is 2.36. The van der Waals surface area contributed by atoms with Gasteiger partial charge in [0.05, 0.1) is 16.1 Å². The first-order chi connectivity index (χ1) is 14.8. The first-order valence-electron chi connectivity index (χ1n) is 9.17. The van der Waals surface area contributed by atoms with Crippen LogP contribution in [0.25, 0.3) is 0 Å². The number of nitrogens with one attached hydrogen (secondary N) is 2. The molecular weight excluding hydrogens is 460 g/mol. The summed E-state index contributed by atoms with van der Waals surface area (Å²) in [4.78, 5) is 28.8. The maximum Gasteiger partial charge on any atom is 0.275 e. The Morgan fingerprint density at radius 3 is 2.55 bits per heavy atom. The fourth-order valence-corrected chi connectivity index (χ4v) is 4.16. The van der Waals surface area contributed by atoms with E-state index in [1.165, 1.54) is 48.4 Å². The maximum atomic E-state index is 12.6. The third-order valence-corrected chi connectivity index (χ3v) is 6.50. The van der Waals surface area contributed by atoms with Crippen molar-refractivity contribution in [2.75, 3.05) is 15.8 Å². The largest absolute Gasteiger partial charge is 0.321 e. The molecule has 9 nitrogen and oxygen atoms in total. The summed E-state index contributed by atoms with van der Waals surface area (Å²) < 4.78 is 27.4. The van der Waals surface area contributed by atoms with Gasteiger partial charge in [-0.3, -0.25) is 4.79 Å². The first kappa shape index (κ1) is 22.9. The van der Waals surface area contributed by atoms with Crippen molar-refractivity contribution in [2.24, 2.45) is 0 Å². The number of carbonyl (C=O) groups excluding carboxylic acids is 1. The molecule has 162 valence electrons. The summed E-state index contributed by atoms with van der Waals surface area (Å²) in [5.74, 6) is 0.278. The number of benzene rings is 1. The molecule has 0 fully saturated rings. The number of aromatic nitrogens is 4. The molecule has 0 atom stereocenters. The van der Waals surface area contributed by atoms with Crippen LogP contribution in [0, 0.1) is 6.92 Å². The van der Waals surface area contributed by atoms with Gasteiger partial charge in [0.15, 0.2) is 10.9 Å². The molecule has 0 radical (unpaired) electrons. The van der Waals surface area contributed by atoms with Crippen molar-refractivity contribution in [3.05, 3.63) is 59.1 Å². The number of amides is 1. The third-order valence-electron chi connectivity index (χ3n) is 3.82. The van der Waals surface area contributed by atoms with E-state index in [2.05, 4.69) is 30.0 Å². The fraction of sp³-hybridized carbons (Fsp3) is 0.211. The Morgan fingerprint density at radius 1 is 1.13 bits per heavy atom. The lowest BCUT2D eigenvalue weighted by molar-refractivity contribution is 0.102. The van der Waals surface area contributed by atoms with Gasteiger partial charge in [-0.25, -0.2) is 33.1 Å². The summed E-state index contributed by atoms with van der Waals surface area (Å²) in [7, 11) is -3.88. The van der Waals surface area contributed by atoms with Gasteiger partial charge in [-0.05, 0) is 43.7 Å². The molecule has 3 rings (SSSR count). The molecule has 1 aromatic carbocycles. The highest BCUT2D eigenvalue weighted by Crippen LogP contribution is 2.21. The summed E-state index contributed by atoms with van der Waals surface area (Å²) in [6.07, 6.45) is 3.79. The average Bonchev–Trinajstić information content (AvgIpc) is 2.73. The van der Waals surface area contributed by atoms with Crippen LogP contribution in [0.15, 0.2) is 52.8 Å². The summed E-state index contributed by atoms with van der Waals surface area (Å²) in [5.41, 5.74) is 1.06. The lowest BCUT2D eigenvalue weighted by Crippen LogP contribution is -2.16. The zero-order valence-corrected chi connectivity index (χ0v) is 19.1. The lowest BCUT2D eigenvalue weighted by atomic mass is 10.3. The van der Waals surface area contributed by atoms with Gasteiger partial charge in [0.2, 0.25) is 5.95 Å². The summed E-state index contributed by atoms with van der Waals surface area (Å²) in [5, 5.41) is 3.24. The first-order valence-corrected chi connectivity index (χ1v) is 12.0. The van der Waals surface area contributed by atoms with Gasteiger partial charge in [-0.1, -0.05) is 30.3 Å². The van der Waals surface area contributed by atoms with Crippen LogP contribution < -0.4 is 10.0 Å². The van der Waals surface area contributed by atoms with Gasteiger partial charge in [-0.2, -0.15) is 0 Å². The molecule has 3 aromatic rings. The van der Waals surface area contributed by atoms with Crippen molar-refractivity contribution in [3.8, 4) is 0 Å². The Hall–Kier alpha value is -2.76. The highest BCUT2D eigenvalue weighted by Gasteiger charge is 2.18. The predicted octanol–water partition coefficient (Wildman–Crippen LogP) is 3.78. The normalized spacial score (nSPS) is 11.2. The van der Waals surface area contributed by atoms with Crippen molar-refractivity contribution in [1.29, 1.82) is 0 Å². The van der Waals surface area contributed by atoms with Gasteiger partial charge in [0, 0.05) is 23.3 Å². The highest BCUT2D eigenvalue weighted by molar-refractivity contribution is 7.99. The molecule has 2 N–H and O–H groups in total. The number of rotatable bonds is 8. The standard InChI is InChI=1S/C19H19ClN6O3S2/c1-3-10-30-19-22-11-15(20)16(25-19)17(27)24-13-4-6-14(7-5-13)31(28,29)26-18-21-9-8-12(2)23-18/h4-9,11H,3,10H2,1-2H3,(H,24,27)(H,21,23,26). The van der Waals surface area contributed by atoms with E-state index < -0.39 is 15.9 Å². The van der Waals surface area contributed by atoms with E-state index in [1.807, 2.05) is 6.92 Å². The van der Waals surface area contributed by atoms with Gasteiger partial charge in [-0.15, -0.1) is 0 Å². The van der Waals surface area contributed by atoms with Crippen molar-refractivity contribution >= 4 is 50.9 Å². The number of hydrogen-bond acceptors (Lipinski definition) is 8. The van der Waals surface area contributed by atoms with Crippen molar-refractivity contribution < 1.29 is 13.2 Å². The van der Waals surface area contributed by atoms with Gasteiger partial charge < -0.3 is 5.32 Å². The van der Waals surface area contributed by atoms with Crippen LogP contribution in [-0.2, 0) is 10.0 Å². The number of thioether (sulfide) groups is 1. The van der Waals surface area contributed by atoms with E-state index in [0.29, 0.717) is 16.5 Å². The molecule has 0 unspecified atom stereocenters. The van der Waals surface area contributed by atoms with Crippen LogP contribution in [0.2, 0.25) is 5.02 Å². The molecule has 0 bridgehead atoms. The Balaban J connectivity index is 1.72. The van der Waals surface area contributed by atoms with Crippen LogP contribution in [0.1, 0.15) is 29.5 Å². The van der Waals surface area contributed by atoms with Crippen LogP contribution in [-0.4, -0.2) is 40.0 Å². The Kier molecular flexibility index (Phi) is 7.42. The molecule has 12 heteroatoms. The second-order valence-electron chi connectivity index (χ2n) is 6.30. The molecule has 1 amide bonds. The smallest absolute Gasteiger partial charge is 0.275 e. The van der Waals surface area contributed by atoms with Gasteiger partial charge in [0.25, 0.3) is 15.9 Å². The van der Waals surface area contributed by atoms with Crippen LogP contribution in [0.4, 0.5) is 11.6 Å². The number of aryl methyl sites for hydroxylation is 1. The topological polar surface area (TPSA) is 127 Å². The molecule has 2 heterocycles. The monoisotopic (exact) mass is 478 g/mol. The quantitative estimate of drug-likeness (QED) is 0.370. The van der Waals surface area contributed by atoms with Gasteiger partial charge >= 0.3 is 0 Å². The van der Waals surface area contributed by atoms with Crippen LogP contribution in [0.3, 0.4) is 0 Å². The van der Waals surface area contributed by atoms with Crippen LogP contribution in [0.5, 0.6) is 0 Å². The maximum absolute atomic E-state index is 12.6. The molecule has 2 aromatic heterocycles. The number of hydrogen-bond donors (Lipinski definition) is 2. The minimum absolute atomic E-state index is 0.00562. The van der Waals surface area contributed by atoms with E-state index in [-0.39, 0.29) is 21.6 Å². The van der Waals surface area contributed by atoms with E-state index >= 15 is 0 Å². The highest BCUT2D eigenvalue weighted by atomic mass is 35.5.